The van der Waals surface area contributed by atoms with Gasteiger partial charge in [-0.25, -0.2) is 0 Å². The number of rotatable bonds is 13. The minimum Gasteiger partial charge on any atom is -0.481 e. The highest BCUT2D eigenvalue weighted by Crippen LogP contribution is 2.12. The standard InChI is InChI=1S/C15H30O2/c1-2-3-4-5-6-7-8-9-10-11-12-13-14-15(16)17/h2-14H2,1H3,(H,16,17)/i14D2. The molecule has 0 atom stereocenters. The predicted octanol–water partition coefficient (Wildman–Crippen LogP) is 5.16. The maximum Gasteiger partial charge on any atom is 0.303 e. The first kappa shape index (κ1) is 12.9. The summed E-state index contributed by atoms with van der Waals surface area (Å²) >= 11 is 0. The summed E-state index contributed by atoms with van der Waals surface area (Å²) < 4.78 is 14.5. The minimum atomic E-state index is -2.04. The third kappa shape index (κ3) is 15.5. The Morgan fingerprint density at radius 1 is 0.824 bits per heavy atom. The third-order valence-corrected chi connectivity index (χ3v) is 3.06. The highest BCUT2D eigenvalue weighted by Gasteiger charge is 1.96. The highest BCUT2D eigenvalue weighted by atomic mass is 16.4. The lowest BCUT2D eigenvalue weighted by molar-refractivity contribution is -0.137. The van der Waals surface area contributed by atoms with Crippen molar-refractivity contribution >= 4 is 5.97 Å². The molecule has 1 N–H and O–H groups in total. The van der Waals surface area contributed by atoms with Crippen LogP contribution < -0.4 is 0 Å². The summed E-state index contributed by atoms with van der Waals surface area (Å²) in [6.45, 7) is 2.23. The molecule has 0 aliphatic rings. The average molecular weight is 244 g/mol. The molecule has 2 nitrogen and oxygen atoms in total. The van der Waals surface area contributed by atoms with Crippen LogP contribution in [0.15, 0.2) is 0 Å². The van der Waals surface area contributed by atoms with E-state index in [1.165, 1.54) is 51.4 Å². The summed E-state index contributed by atoms with van der Waals surface area (Å²) in [5.74, 6) is -1.33. The van der Waals surface area contributed by atoms with Crippen LogP contribution in [-0.4, -0.2) is 11.1 Å². The highest BCUT2D eigenvalue weighted by molar-refractivity contribution is 5.66. The van der Waals surface area contributed by atoms with E-state index in [0.29, 0.717) is 6.42 Å². The van der Waals surface area contributed by atoms with Crippen molar-refractivity contribution in [2.75, 3.05) is 0 Å². The topological polar surface area (TPSA) is 37.3 Å². The summed E-state index contributed by atoms with van der Waals surface area (Å²) in [4.78, 5) is 10.6. The van der Waals surface area contributed by atoms with Crippen LogP contribution in [0.4, 0.5) is 0 Å². The fourth-order valence-electron chi connectivity index (χ4n) is 1.98. The zero-order chi connectivity index (χ0) is 14.6. The van der Waals surface area contributed by atoms with Crippen LogP contribution in [0.1, 0.15) is 93.1 Å². The SMILES string of the molecule is [2H]C([2H])(CCCCCCCCCCCCC)C(=O)O. The van der Waals surface area contributed by atoms with E-state index in [2.05, 4.69) is 6.92 Å². The van der Waals surface area contributed by atoms with E-state index in [9.17, 15) is 4.79 Å². The molecule has 0 aliphatic carbocycles. The molecular formula is C15H30O2. The van der Waals surface area contributed by atoms with Crippen LogP contribution in [0.25, 0.3) is 0 Å². The van der Waals surface area contributed by atoms with Gasteiger partial charge in [-0.1, -0.05) is 77.6 Å². The number of unbranched alkanes of at least 4 members (excludes halogenated alkanes) is 10. The van der Waals surface area contributed by atoms with Gasteiger partial charge in [0.2, 0.25) is 0 Å². The van der Waals surface area contributed by atoms with Gasteiger partial charge in [0.25, 0.3) is 0 Å². The maximum atomic E-state index is 10.6. The third-order valence-electron chi connectivity index (χ3n) is 3.06. The second-order valence-electron chi connectivity index (χ2n) is 4.77. The van der Waals surface area contributed by atoms with Crippen molar-refractivity contribution in [2.45, 2.75) is 90.3 Å². The Hall–Kier alpha value is -0.530. The second kappa shape index (κ2) is 13.5. The molecular weight excluding hydrogens is 212 g/mol. The number of hydrogen-bond acceptors (Lipinski definition) is 1. The molecule has 0 heterocycles. The van der Waals surface area contributed by atoms with Gasteiger partial charge in [-0.05, 0) is 6.42 Å². The molecule has 0 aliphatic heterocycles. The largest absolute Gasteiger partial charge is 0.481 e. The van der Waals surface area contributed by atoms with Gasteiger partial charge < -0.3 is 5.11 Å². The van der Waals surface area contributed by atoms with Crippen LogP contribution >= 0.6 is 0 Å². The Kier molecular flexibility index (Phi) is 10.3. The Morgan fingerprint density at radius 3 is 1.53 bits per heavy atom. The van der Waals surface area contributed by atoms with Gasteiger partial charge in [-0.15, -0.1) is 0 Å². The molecule has 0 bridgehead atoms. The Morgan fingerprint density at radius 2 is 1.18 bits per heavy atom. The van der Waals surface area contributed by atoms with E-state index in [-0.39, 0.29) is 6.42 Å². The second-order valence-corrected chi connectivity index (χ2v) is 4.77. The molecule has 0 saturated heterocycles. The van der Waals surface area contributed by atoms with Gasteiger partial charge in [-0.2, -0.15) is 0 Å². The van der Waals surface area contributed by atoms with Gasteiger partial charge in [0.15, 0.2) is 0 Å². The van der Waals surface area contributed by atoms with E-state index >= 15 is 0 Å². The zero-order valence-electron chi connectivity index (χ0n) is 13.3. The van der Waals surface area contributed by atoms with Crippen LogP contribution in [0.2, 0.25) is 0 Å². The van der Waals surface area contributed by atoms with Gasteiger partial charge in [-0.3, -0.25) is 4.79 Å². The van der Waals surface area contributed by atoms with Crippen LogP contribution in [0, 0.1) is 0 Å². The number of carbonyl (C=O) groups is 1. The average Bonchev–Trinajstić information content (AvgIpc) is 2.35. The number of carboxylic acids is 1. The number of aliphatic carboxylic acids is 1. The molecule has 0 amide bonds. The van der Waals surface area contributed by atoms with Crippen LogP contribution in [0.3, 0.4) is 0 Å². The molecule has 0 saturated carbocycles. The molecule has 0 fully saturated rings. The maximum absolute atomic E-state index is 10.6. The normalized spacial score (nSPS) is 13.2. The van der Waals surface area contributed by atoms with Crippen molar-refractivity contribution in [2.24, 2.45) is 0 Å². The lowest BCUT2D eigenvalue weighted by Crippen LogP contribution is -1.93. The fraction of sp³-hybridized carbons (Fsp3) is 0.933. The molecule has 0 radical (unpaired) electrons. The van der Waals surface area contributed by atoms with Gasteiger partial charge in [0, 0.05) is 9.11 Å². The summed E-state index contributed by atoms with van der Waals surface area (Å²) in [5.41, 5.74) is 0. The van der Waals surface area contributed by atoms with Crippen molar-refractivity contribution in [3.63, 3.8) is 0 Å². The van der Waals surface area contributed by atoms with Crippen molar-refractivity contribution in [1.29, 1.82) is 0 Å². The molecule has 2 heteroatoms. The molecule has 0 rings (SSSR count). The number of hydrogen-bond donors (Lipinski definition) is 1. The lowest BCUT2D eigenvalue weighted by atomic mass is 10.0. The Balaban J connectivity index is 3.21. The molecule has 0 aromatic heterocycles. The summed E-state index contributed by atoms with van der Waals surface area (Å²) in [6.07, 6.45) is 11.3. The first-order chi connectivity index (χ1) is 9.00. The predicted molar refractivity (Wildman–Crippen MR) is 73.3 cm³/mol. The first-order valence-electron chi connectivity index (χ1n) is 8.24. The van der Waals surface area contributed by atoms with Crippen molar-refractivity contribution in [3.8, 4) is 0 Å². The van der Waals surface area contributed by atoms with E-state index in [1.54, 1.807) is 0 Å². The summed E-state index contributed by atoms with van der Waals surface area (Å²) in [7, 11) is 0. The van der Waals surface area contributed by atoms with Crippen molar-refractivity contribution in [1.82, 2.24) is 0 Å². The number of carboxylic acid groups (broad SMARTS) is 1. The van der Waals surface area contributed by atoms with Gasteiger partial charge in [0.05, 0.1) is 0 Å². The quantitative estimate of drug-likeness (QED) is 0.454. The van der Waals surface area contributed by atoms with Crippen LogP contribution in [-0.2, 0) is 4.79 Å². The molecule has 17 heavy (non-hydrogen) atoms. The fourth-order valence-corrected chi connectivity index (χ4v) is 1.98. The molecule has 0 aromatic rings. The molecule has 102 valence electrons. The van der Waals surface area contributed by atoms with E-state index in [4.69, 9.17) is 7.85 Å². The van der Waals surface area contributed by atoms with E-state index < -0.39 is 12.3 Å². The molecule has 0 aromatic carbocycles. The monoisotopic (exact) mass is 244 g/mol. The van der Waals surface area contributed by atoms with Crippen molar-refractivity contribution < 1.29 is 12.6 Å². The van der Waals surface area contributed by atoms with E-state index in [1.807, 2.05) is 0 Å². The van der Waals surface area contributed by atoms with Gasteiger partial charge in [0.1, 0.15) is 0 Å². The summed E-state index contributed by atoms with van der Waals surface area (Å²) in [5, 5.41) is 8.63. The lowest BCUT2D eigenvalue weighted by Gasteiger charge is -2.02. The smallest absolute Gasteiger partial charge is 0.303 e. The van der Waals surface area contributed by atoms with E-state index in [0.717, 1.165) is 12.8 Å². The minimum absolute atomic E-state index is 0.138. The zero-order valence-corrected chi connectivity index (χ0v) is 11.3. The van der Waals surface area contributed by atoms with Crippen molar-refractivity contribution in [3.05, 3.63) is 0 Å². The van der Waals surface area contributed by atoms with Gasteiger partial charge >= 0.3 is 5.97 Å². The first-order valence-corrected chi connectivity index (χ1v) is 7.24. The Labute approximate surface area is 110 Å². The molecule has 0 spiro atoms. The molecule has 0 unspecified atom stereocenters. The summed E-state index contributed by atoms with van der Waals surface area (Å²) in [6, 6.07) is 0. The van der Waals surface area contributed by atoms with Crippen LogP contribution in [0.5, 0.6) is 0 Å². The Bertz CT molecular complexity index is 230.